The fourth-order valence-electron chi connectivity index (χ4n) is 3.84. The topological polar surface area (TPSA) is 50.4 Å². The van der Waals surface area contributed by atoms with Crippen LogP contribution in [0.1, 0.15) is 46.0 Å². The van der Waals surface area contributed by atoms with E-state index in [0.717, 1.165) is 59.8 Å². The Bertz CT molecular complexity index is 1010. The Labute approximate surface area is 197 Å². The van der Waals surface area contributed by atoms with Crippen LogP contribution >= 0.6 is 0 Å². The van der Waals surface area contributed by atoms with Gasteiger partial charge in [-0.1, -0.05) is 56.2 Å². The van der Waals surface area contributed by atoms with Gasteiger partial charge in [-0.15, -0.1) is 0 Å². The van der Waals surface area contributed by atoms with Crippen LogP contribution < -0.4 is 15.4 Å². The highest BCUT2D eigenvalue weighted by molar-refractivity contribution is 5.92. The Morgan fingerprint density at radius 1 is 0.879 bits per heavy atom. The predicted molar refractivity (Wildman–Crippen MR) is 139 cm³/mol. The molecule has 1 saturated carbocycles. The number of nitrogens with one attached hydrogen (secondary N) is 2. The molecule has 0 aromatic heterocycles. The van der Waals surface area contributed by atoms with E-state index in [9.17, 15) is 4.79 Å². The summed E-state index contributed by atoms with van der Waals surface area (Å²) in [6, 6.07) is 15.3. The highest BCUT2D eigenvalue weighted by atomic mass is 16.5. The summed E-state index contributed by atoms with van der Waals surface area (Å²) in [5.74, 6) is 1.74. The number of hydrogen-bond donors (Lipinski definition) is 2. The lowest BCUT2D eigenvalue weighted by Crippen LogP contribution is -2.24. The molecule has 0 heterocycles. The third-order valence-electron chi connectivity index (χ3n) is 5.65. The highest BCUT2D eigenvalue weighted by Crippen LogP contribution is 2.27. The molecule has 0 atom stereocenters. The average molecular weight is 443 g/mol. The lowest BCUT2D eigenvalue weighted by Gasteiger charge is -2.20. The molecule has 3 rings (SSSR count). The van der Waals surface area contributed by atoms with Crippen LogP contribution in [0.15, 0.2) is 96.8 Å². The number of carbonyl (C=O) groups is 1. The second kappa shape index (κ2) is 12.5. The molecule has 0 spiro atoms. The van der Waals surface area contributed by atoms with Gasteiger partial charge in [-0.25, -0.2) is 0 Å². The van der Waals surface area contributed by atoms with Crippen molar-refractivity contribution in [1.82, 2.24) is 0 Å². The zero-order chi connectivity index (χ0) is 23.5. The molecule has 0 aliphatic heterocycles. The van der Waals surface area contributed by atoms with E-state index in [-0.39, 0.29) is 11.8 Å². The smallest absolute Gasteiger partial charge is 0.227 e. The molecule has 33 heavy (non-hydrogen) atoms. The fourth-order valence-corrected chi connectivity index (χ4v) is 3.84. The predicted octanol–water partition coefficient (Wildman–Crippen LogP) is 8.00. The SMILES string of the molecule is C=C(Nc1ccc(Oc2ccc(NC(=O)C3CCCCC3)cc2)cc1)C(/C=C\C)=C/C=C\C. The zero-order valence-corrected chi connectivity index (χ0v) is 19.6. The number of rotatable bonds is 9. The van der Waals surface area contributed by atoms with E-state index in [0.29, 0.717) is 0 Å². The number of anilines is 2. The maximum Gasteiger partial charge on any atom is 0.227 e. The normalized spacial score (nSPS) is 15.0. The van der Waals surface area contributed by atoms with Crippen molar-refractivity contribution in [3.8, 4) is 11.5 Å². The van der Waals surface area contributed by atoms with Crippen molar-refractivity contribution in [2.24, 2.45) is 5.92 Å². The molecule has 0 bridgehead atoms. The van der Waals surface area contributed by atoms with E-state index in [4.69, 9.17) is 4.74 Å². The van der Waals surface area contributed by atoms with E-state index in [1.165, 1.54) is 6.42 Å². The van der Waals surface area contributed by atoms with Gasteiger partial charge in [-0.05, 0) is 80.8 Å². The van der Waals surface area contributed by atoms with Crippen molar-refractivity contribution < 1.29 is 9.53 Å². The fraction of sp³-hybridized carbons (Fsp3) is 0.276. The van der Waals surface area contributed by atoms with Crippen molar-refractivity contribution in [3.63, 3.8) is 0 Å². The Morgan fingerprint density at radius 2 is 1.45 bits per heavy atom. The van der Waals surface area contributed by atoms with Crippen molar-refractivity contribution in [3.05, 3.63) is 96.8 Å². The minimum Gasteiger partial charge on any atom is -0.457 e. The van der Waals surface area contributed by atoms with Gasteiger partial charge in [0.05, 0.1) is 0 Å². The van der Waals surface area contributed by atoms with Crippen molar-refractivity contribution in [2.75, 3.05) is 10.6 Å². The van der Waals surface area contributed by atoms with Crippen molar-refractivity contribution in [1.29, 1.82) is 0 Å². The summed E-state index contributed by atoms with van der Waals surface area (Å²) in [5.41, 5.74) is 3.58. The molecule has 0 unspecified atom stereocenters. The number of carbonyl (C=O) groups excluding carboxylic acids is 1. The van der Waals surface area contributed by atoms with E-state index < -0.39 is 0 Å². The van der Waals surface area contributed by atoms with Gasteiger partial charge in [0.1, 0.15) is 11.5 Å². The summed E-state index contributed by atoms with van der Waals surface area (Å²) >= 11 is 0. The maximum absolute atomic E-state index is 12.4. The van der Waals surface area contributed by atoms with Crippen LogP contribution in [-0.2, 0) is 4.79 Å². The average Bonchev–Trinajstić information content (AvgIpc) is 2.84. The van der Waals surface area contributed by atoms with Crippen LogP contribution in [0, 0.1) is 5.92 Å². The standard InChI is InChI=1S/C29H34N2O2/c1-4-6-11-23(10-5-2)22(3)30-25-14-18-27(19-15-25)33-28-20-16-26(17-21-28)31-29(32)24-12-8-7-9-13-24/h4-6,10-11,14-21,24,30H,3,7-9,12-13H2,1-2H3,(H,31,32)/b6-4-,10-5-,23-11+. The lowest BCUT2D eigenvalue weighted by molar-refractivity contribution is -0.120. The molecule has 4 nitrogen and oxygen atoms in total. The second-order valence-electron chi connectivity index (χ2n) is 8.23. The summed E-state index contributed by atoms with van der Waals surface area (Å²) < 4.78 is 5.96. The molecule has 172 valence electrons. The van der Waals surface area contributed by atoms with Gasteiger partial charge >= 0.3 is 0 Å². The second-order valence-corrected chi connectivity index (χ2v) is 8.23. The molecule has 0 saturated heterocycles. The Morgan fingerprint density at radius 3 is 2.00 bits per heavy atom. The summed E-state index contributed by atoms with van der Waals surface area (Å²) in [6.07, 6.45) is 15.5. The molecule has 0 radical (unpaired) electrons. The van der Waals surface area contributed by atoms with Gasteiger partial charge < -0.3 is 15.4 Å². The first kappa shape index (κ1) is 24.1. The molecule has 1 fully saturated rings. The summed E-state index contributed by atoms with van der Waals surface area (Å²) in [5, 5.41) is 6.37. The van der Waals surface area contributed by atoms with Crippen LogP contribution in [0.25, 0.3) is 0 Å². The Kier molecular flexibility index (Phi) is 9.13. The molecule has 4 heteroatoms. The largest absolute Gasteiger partial charge is 0.457 e. The molecule has 1 amide bonds. The van der Waals surface area contributed by atoms with E-state index in [1.54, 1.807) is 0 Å². The molecule has 2 aromatic carbocycles. The van der Waals surface area contributed by atoms with Gasteiger partial charge in [-0.3, -0.25) is 4.79 Å². The van der Waals surface area contributed by atoms with Crippen LogP contribution in [-0.4, -0.2) is 5.91 Å². The van der Waals surface area contributed by atoms with Gasteiger partial charge in [0, 0.05) is 23.0 Å². The highest BCUT2D eigenvalue weighted by Gasteiger charge is 2.20. The van der Waals surface area contributed by atoms with Crippen molar-refractivity contribution >= 4 is 17.3 Å². The molecular formula is C29H34N2O2. The first-order chi connectivity index (χ1) is 16.1. The minimum atomic E-state index is 0.131. The molecule has 1 aliphatic carbocycles. The first-order valence-electron chi connectivity index (χ1n) is 11.7. The lowest BCUT2D eigenvalue weighted by atomic mass is 9.88. The van der Waals surface area contributed by atoms with E-state index in [2.05, 4.69) is 17.2 Å². The van der Waals surface area contributed by atoms with E-state index in [1.807, 2.05) is 92.8 Å². The van der Waals surface area contributed by atoms with Crippen LogP contribution in [0.3, 0.4) is 0 Å². The molecule has 2 N–H and O–H groups in total. The van der Waals surface area contributed by atoms with Gasteiger partial charge in [0.15, 0.2) is 0 Å². The maximum atomic E-state index is 12.4. The number of ether oxygens (including phenoxy) is 1. The van der Waals surface area contributed by atoms with Crippen LogP contribution in [0.4, 0.5) is 11.4 Å². The third-order valence-corrected chi connectivity index (χ3v) is 5.65. The van der Waals surface area contributed by atoms with Gasteiger partial charge in [-0.2, -0.15) is 0 Å². The monoisotopic (exact) mass is 442 g/mol. The third kappa shape index (κ3) is 7.53. The number of benzene rings is 2. The van der Waals surface area contributed by atoms with Crippen LogP contribution in [0.5, 0.6) is 11.5 Å². The minimum absolute atomic E-state index is 0.131. The number of hydrogen-bond acceptors (Lipinski definition) is 3. The Balaban J connectivity index is 1.55. The first-order valence-corrected chi connectivity index (χ1v) is 11.7. The molecular weight excluding hydrogens is 408 g/mol. The summed E-state index contributed by atoms with van der Waals surface area (Å²) in [7, 11) is 0. The van der Waals surface area contributed by atoms with Crippen molar-refractivity contribution in [2.45, 2.75) is 46.0 Å². The quantitative estimate of drug-likeness (QED) is 0.387. The van der Waals surface area contributed by atoms with Crippen LogP contribution in [0.2, 0.25) is 0 Å². The zero-order valence-electron chi connectivity index (χ0n) is 19.6. The molecule has 1 aliphatic rings. The van der Waals surface area contributed by atoms with Gasteiger partial charge in [0.25, 0.3) is 0 Å². The summed E-state index contributed by atoms with van der Waals surface area (Å²) in [6.45, 7) is 8.12. The molecule has 2 aromatic rings. The Hall–Kier alpha value is -3.53. The summed E-state index contributed by atoms with van der Waals surface area (Å²) in [4.78, 5) is 12.4. The van der Waals surface area contributed by atoms with E-state index >= 15 is 0 Å². The van der Waals surface area contributed by atoms with Gasteiger partial charge in [0.2, 0.25) is 5.91 Å². The number of allylic oxidation sites excluding steroid dienone is 5. The number of amides is 1.